The third-order valence-electron chi connectivity index (χ3n) is 6.94. The van der Waals surface area contributed by atoms with Gasteiger partial charge in [-0.3, -0.25) is 0 Å². The van der Waals surface area contributed by atoms with Crippen LogP contribution in [0.25, 0.3) is 0 Å². The fourth-order valence-electron chi connectivity index (χ4n) is 5.18. The van der Waals surface area contributed by atoms with E-state index in [4.69, 9.17) is 9.47 Å². The van der Waals surface area contributed by atoms with Gasteiger partial charge in [-0.15, -0.1) is 0 Å². The first-order valence-corrected chi connectivity index (χ1v) is 11.5. The van der Waals surface area contributed by atoms with E-state index in [1.807, 2.05) is 0 Å². The number of halogens is 1. The van der Waals surface area contributed by atoms with Gasteiger partial charge in [0.25, 0.3) is 0 Å². The molecule has 1 aromatic rings. The topological polar surface area (TPSA) is 35.5 Å². The molecule has 160 valence electrons. The van der Waals surface area contributed by atoms with Crippen molar-refractivity contribution in [3.05, 3.63) is 29.1 Å². The van der Waals surface area contributed by atoms with E-state index in [9.17, 15) is 9.18 Å². The maximum absolute atomic E-state index is 14.8. The molecular formula is C25H35FO3. The van der Waals surface area contributed by atoms with Crippen LogP contribution in [0.2, 0.25) is 0 Å². The van der Waals surface area contributed by atoms with E-state index in [1.165, 1.54) is 51.0 Å². The Hall–Kier alpha value is -1.58. The van der Waals surface area contributed by atoms with Gasteiger partial charge in [-0.05, 0) is 95.1 Å². The number of ether oxygens (including phenoxy) is 2. The second-order valence-corrected chi connectivity index (χ2v) is 10.5. The molecule has 0 heterocycles. The van der Waals surface area contributed by atoms with Crippen LogP contribution in [0.5, 0.6) is 5.75 Å². The molecule has 0 aliphatic heterocycles. The molecule has 0 aromatic heterocycles. The Kier molecular flexibility index (Phi) is 5.65. The molecule has 1 spiro atoms. The number of benzene rings is 1. The van der Waals surface area contributed by atoms with Crippen molar-refractivity contribution in [1.29, 1.82) is 0 Å². The van der Waals surface area contributed by atoms with Gasteiger partial charge in [0.05, 0.1) is 11.7 Å². The van der Waals surface area contributed by atoms with Crippen LogP contribution in [0.1, 0.15) is 113 Å². The van der Waals surface area contributed by atoms with Gasteiger partial charge >= 0.3 is 5.97 Å². The Bertz CT molecular complexity index is 744. The van der Waals surface area contributed by atoms with E-state index in [0.29, 0.717) is 17.1 Å². The summed E-state index contributed by atoms with van der Waals surface area (Å²) in [5, 5.41) is 0. The zero-order valence-corrected chi connectivity index (χ0v) is 18.2. The van der Waals surface area contributed by atoms with Crippen LogP contribution < -0.4 is 4.74 Å². The van der Waals surface area contributed by atoms with E-state index in [1.54, 1.807) is 26.8 Å². The maximum atomic E-state index is 14.8. The lowest BCUT2D eigenvalue weighted by molar-refractivity contribution is 0.00643. The second kappa shape index (κ2) is 7.92. The minimum atomic E-state index is -0.643. The summed E-state index contributed by atoms with van der Waals surface area (Å²) in [5.74, 6) is -0.125. The zero-order chi connectivity index (χ0) is 20.6. The van der Waals surface area contributed by atoms with E-state index in [2.05, 4.69) is 0 Å². The molecule has 3 fully saturated rings. The van der Waals surface area contributed by atoms with Gasteiger partial charge in [-0.25, -0.2) is 9.18 Å². The number of rotatable bonds is 4. The van der Waals surface area contributed by atoms with E-state index >= 15 is 0 Å². The molecule has 4 heteroatoms. The highest BCUT2D eigenvalue weighted by molar-refractivity contribution is 5.90. The normalized spacial score (nSPS) is 22.5. The standard InChI is InChI=1S/C25H35FO3/c1-24(2,3)29-23(27)20-15-19(17-7-8-17)22(16-21(20)26)28-18-9-13-25(14-10-18)11-5-4-6-12-25/h15-18H,4-14H2,1-3H3. The van der Waals surface area contributed by atoms with Crippen molar-refractivity contribution >= 4 is 5.97 Å². The molecule has 0 N–H and O–H groups in total. The summed E-state index contributed by atoms with van der Waals surface area (Å²) in [6.07, 6.45) is 13.7. The SMILES string of the molecule is CC(C)(C)OC(=O)c1cc(C2CC2)c(OC2CCC3(CCCCC3)CC2)cc1F. The number of carbonyl (C=O) groups is 1. The van der Waals surface area contributed by atoms with Crippen LogP contribution in [0.4, 0.5) is 4.39 Å². The van der Waals surface area contributed by atoms with Gasteiger partial charge in [0, 0.05) is 6.07 Å². The lowest BCUT2D eigenvalue weighted by atomic mass is 9.65. The van der Waals surface area contributed by atoms with Gasteiger partial charge in [0.2, 0.25) is 0 Å². The first kappa shape index (κ1) is 20.7. The molecule has 0 amide bonds. The highest BCUT2D eigenvalue weighted by Gasteiger charge is 2.38. The number of carbonyl (C=O) groups excluding carboxylic acids is 1. The van der Waals surface area contributed by atoms with Crippen LogP contribution in [0, 0.1) is 11.2 Å². The van der Waals surface area contributed by atoms with Gasteiger partial charge < -0.3 is 9.47 Å². The van der Waals surface area contributed by atoms with Crippen LogP contribution >= 0.6 is 0 Å². The van der Waals surface area contributed by atoms with Crippen LogP contribution in [-0.2, 0) is 4.74 Å². The fraction of sp³-hybridized carbons (Fsp3) is 0.720. The van der Waals surface area contributed by atoms with Crippen molar-refractivity contribution in [2.45, 2.75) is 109 Å². The Balaban J connectivity index is 1.48. The van der Waals surface area contributed by atoms with E-state index in [-0.39, 0.29) is 11.7 Å². The van der Waals surface area contributed by atoms with Crippen molar-refractivity contribution < 1.29 is 18.7 Å². The summed E-state index contributed by atoms with van der Waals surface area (Å²) >= 11 is 0. The summed E-state index contributed by atoms with van der Waals surface area (Å²) in [6.45, 7) is 5.39. The molecule has 3 aliphatic carbocycles. The third kappa shape index (κ3) is 4.95. The Morgan fingerprint density at radius 1 is 1.00 bits per heavy atom. The third-order valence-corrected chi connectivity index (χ3v) is 6.94. The fourth-order valence-corrected chi connectivity index (χ4v) is 5.18. The summed E-state index contributed by atoms with van der Waals surface area (Å²) < 4.78 is 26.5. The van der Waals surface area contributed by atoms with Gasteiger partial charge in [-0.2, -0.15) is 0 Å². The molecule has 3 aliphatic rings. The quantitative estimate of drug-likeness (QED) is 0.512. The van der Waals surface area contributed by atoms with Crippen molar-refractivity contribution in [3.63, 3.8) is 0 Å². The molecule has 0 radical (unpaired) electrons. The molecule has 0 saturated heterocycles. The number of esters is 1. The molecule has 0 atom stereocenters. The summed E-state index contributed by atoms with van der Waals surface area (Å²) in [7, 11) is 0. The maximum Gasteiger partial charge on any atom is 0.341 e. The molecular weight excluding hydrogens is 367 g/mol. The largest absolute Gasteiger partial charge is 0.490 e. The molecule has 3 nitrogen and oxygen atoms in total. The van der Waals surface area contributed by atoms with Crippen molar-refractivity contribution in [2.24, 2.45) is 5.41 Å². The highest BCUT2D eigenvalue weighted by atomic mass is 19.1. The zero-order valence-electron chi connectivity index (χ0n) is 18.2. The summed E-state index contributed by atoms with van der Waals surface area (Å²) in [6, 6.07) is 3.11. The Morgan fingerprint density at radius 3 is 2.24 bits per heavy atom. The second-order valence-electron chi connectivity index (χ2n) is 10.5. The van der Waals surface area contributed by atoms with Crippen LogP contribution in [-0.4, -0.2) is 17.7 Å². The molecule has 3 saturated carbocycles. The lowest BCUT2D eigenvalue weighted by Gasteiger charge is -2.43. The Morgan fingerprint density at radius 2 is 1.66 bits per heavy atom. The molecule has 0 unspecified atom stereocenters. The summed E-state index contributed by atoms with van der Waals surface area (Å²) in [5.41, 5.74) is 0.906. The van der Waals surface area contributed by atoms with Crippen LogP contribution in [0.15, 0.2) is 12.1 Å². The number of hydrogen-bond donors (Lipinski definition) is 0. The lowest BCUT2D eigenvalue weighted by Crippen LogP contribution is -2.34. The molecule has 0 bridgehead atoms. The molecule has 29 heavy (non-hydrogen) atoms. The predicted molar refractivity (Wildman–Crippen MR) is 112 cm³/mol. The monoisotopic (exact) mass is 402 g/mol. The van der Waals surface area contributed by atoms with E-state index < -0.39 is 17.4 Å². The van der Waals surface area contributed by atoms with Crippen molar-refractivity contribution in [2.75, 3.05) is 0 Å². The van der Waals surface area contributed by atoms with E-state index in [0.717, 1.165) is 31.2 Å². The first-order valence-electron chi connectivity index (χ1n) is 11.5. The van der Waals surface area contributed by atoms with Gasteiger partial charge in [-0.1, -0.05) is 19.3 Å². The van der Waals surface area contributed by atoms with Crippen molar-refractivity contribution in [3.8, 4) is 5.75 Å². The number of hydrogen-bond acceptors (Lipinski definition) is 3. The Labute approximate surface area is 174 Å². The van der Waals surface area contributed by atoms with Crippen LogP contribution in [0.3, 0.4) is 0 Å². The summed E-state index contributed by atoms with van der Waals surface area (Å²) in [4.78, 5) is 12.4. The van der Waals surface area contributed by atoms with Gasteiger partial charge in [0.1, 0.15) is 17.2 Å². The first-order chi connectivity index (χ1) is 13.7. The minimum Gasteiger partial charge on any atom is -0.490 e. The van der Waals surface area contributed by atoms with Gasteiger partial charge in [0.15, 0.2) is 0 Å². The highest BCUT2D eigenvalue weighted by Crippen LogP contribution is 2.49. The average molecular weight is 403 g/mol. The smallest absolute Gasteiger partial charge is 0.341 e. The molecule has 1 aromatic carbocycles. The predicted octanol–water partition coefficient (Wildman–Crippen LogP) is 6.93. The average Bonchev–Trinajstić information content (AvgIpc) is 3.48. The minimum absolute atomic E-state index is 0.0268. The van der Waals surface area contributed by atoms with Crippen molar-refractivity contribution in [1.82, 2.24) is 0 Å². The molecule has 4 rings (SSSR count).